The smallest absolute Gasteiger partial charge is 0.0495 e. The lowest BCUT2D eigenvalue weighted by atomic mass is 10.0. The highest BCUT2D eigenvalue weighted by Crippen LogP contribution is 2.35. The van der Waals surface area contributed by atoms with Crippen LogP contribution in [0.25, 0.3) is 0 Å². The topological polar surface area (TPSA) is 21.3 Å². The molecule has 2 aliphatic heterocycles. The van der Waals surface area contributed by atoms with E-state index in [1.807, 2.05) is 11.8 Å². The van der Waals surface area contributed by atoms with Gasteiger partial charge in [-0.2, -0.15) is 0 Å². The SMILES string of the molecule is c1ccc2c(c1)SCCC2NCCC1CCOC1. The van der Waals surface area contributed by atoms with Crippen LogP contribution >= 0.6 is 11.8 Å². The Morgan fingerprint density at radius 3 is 3.11 bits per heavy atom. The van der Waals surface area contributed by atoms with Gasteiger partial charge in [0.2, 0.25) is 0 Å². The van der Waals surface area contributed by atoms with Gasteiger partial charge in [0.25, 0.3) is 0 Å². The van der Waals surface area contributed by atoms with Crippen LogP contribution in [0.15, 0.2) is 29.2 Å². The Labute approximate surface area is 113 Å². The molecule has 2 unspecified atom stereocenters. The van der Waals surface area contributed by atoms with Gasteiger partial charge in [0.1, 0.15) is 0 Å². The molecule has 0 radical (unpaired) electrons. The maximum Gasteiger partial charge on any atom is 0.0495 e. The summed E-state index contributed by atoms with van der Waals surface area (Å²) in [6.45, 7) is 3.06. The minimum absolute atomic E-state index is 0.560. The van der Waals surface area contributed by atoms with Crippen LogP contribution in [0, 0.1) is 5.92 Å². The molecule has 3 rings (SSSR count). The Hall–Kier alpha value is -0.510. The molecule has 18 heavy (non-hydrogen) atoms. The minimum atomic E-state index is 0.560. The second kappa shape index (κ2) is 6.09. The zero-order valence-electron chi connectivity index (χ0n) is 10.7. The van der Waals surface area contributed by atoms with Crippen molar-refractivity contribution in [3.8, 4) is 0 Å². The van der Waals surface area contributed by atoms with Gasteiger partial charge < -0.3 is 10.1 Å². The van der Waals surface area contributed by atoms with Gasteiger partial charge in [0.15, 0.2) is 0 Å². The molecule has 0 aromatic heterocycles. The summed E-state index contributed by atoms with van der Waals surface area (Å²) in [5.74, 6) is 2.02. The van der Waals surface area contributed by atoms with Crippen molar-refractivity contribution >= 4 is 11.8 Å². The molecule has 1 N–H and O–H groups in total. The summed E-state index contributed by atoms with van der Waals surface area (Å²) in [5.41, 5.74) is 1.50. The van der Waals surface area contributed by atoms with Gasteiger partial charge >= 0.3 is 0 Å². The van der Waals surface area contributed by atoms with Crippen molar-refractivity contribution in [2.45, 2.75) is 30.2 Å². The van der Waals surface area contributed by atoms with E-state index in [0.717, 1.165) is 25.7 Å². The van der Waals surface area contributed by atoms with Gasteiger partial charge in [0, 0.05) is 24.2 Å². The molecule has 2 atom stereocenters. The Kier molecular flexibility index (Phi) is 4.24. The fraction of sp³-hybridized carbons (Fsp3) is 0.600. The average Bonchev–Trinajstić information content (AvgIpc) is 2.92. The summed E-state index contributed by atoms with van der Waals surface area (Å²) in [4.78, 5) is 1.46. The fourth-order valence-electron chi connectivity index (χ4n) is 2.83. The maximum atomic E-state index is 5.42. The molecule has 2 heterocycles. The molecule has 0 aliphatic carbocycles. The van der Waals surface area contributed by atoms with Crippen molar-refractivity contribution in [1.82, 2.24) is 5.32 Å². The van der Waals surface area contributed by atoms with Gasteiger partial charge in [-0.1, -0.05) is 18.2 Å². The van der Waals surface area contributed by atoms with E-state index in [2.05, 4.69) is 29.6 Å². The number of rotatable bonds is 4. The van der Waals surface area contributed by atoms with E-state index in [1.54, 1.807) is 0 Å². The second-order valence-corrected chi connectivity index (χ2v) is 6.34. The monoisotopic (exact) mass is 263 g/mol. The van der Waals surface area contributed by atoms with Crippen LogP contribution in [0.3, 0.4) is 0 Å². The molecule has 1 aromatic carbocycles. The standard InChI is InChI=1S/C15H21NOS/c1-2-4-15-13(3-1)14(7-10-18-15)16-8-5-12-6-9-17-11-12/h1-4,12,14,16H,5-11H2. The van der Waals surface area contributed by atoms with Crippen LogP contribution in [0.5, 0.6) is 0 Å². The normalized spacial score (nSPS) is 27.1. The van der Waals surface area contributed by atoms with E-state index < -0.39 is 0 Å². The van der Waals surface area contributed by atoms with E-state index in [0.29, 0.717) is 6.04 Å². The van der Waals surface area contributed by atoms with Crippen LogP contribution in [0.4, 0.5) is 0 Å². The third-order valence-electron chi connectivity index (χ3n) is 3.93. The van der Waals surface area contributed by atoms with Crippen LogP contribution in [0.1, 0.15) is 30.9 Å². The molecule has 3 heteroatoms. The summed E-state index contributed by atoms with van der Waals surface area (Å²) in [5, 5.41) is 3.74. The Bertz CT molecular complexity index is 390. The molecule has 0 spiro atoms. The van der Waals surface area contributed by atoms with Gasteiger partial charge in [-0.3, -0.25) is 0 Å². The van der Waals surface area contributed by atoms with Crippen LogP contribution in [-0.2, 0) is 4.74 Å². The van der Waals surface area contributed by atoms with Gasteiger partial charge in [0.05, 0.1) is 0 Å². The highest BCUT2D eigenvalue weighted by atomic mass is 32.2. The number of hydrogen-bond acceptors (Lipinski definition) is 3. The first-order chi connectivity index (χ1) is 8.93. The quantitative estimate of drug-likeness (QED) is 0.901. The average molecular weight is 263 g/mol. The number of ether oxygens (including phenoxy) is 1. The van der Waals surface area contributed by atoms with Crippen LogP contribution in [-0.4, -0.2) is 25.5 Å². The predicted octanol–water partition coefficient (Wildman–Crippen LogP) is 3.24. The molecule has 0 saturated carbocycles. The second-order valence-electron chi connectivity index (χ2n) is 5.20. The van der Waals surface area contributed by atoms with Crippen molar-refractivity contribution in [2.75, 3.05) is 25.5 Å². The van der Waals surface area contributed by atoms with Crippen molar-refractivity contribution in [2.24, 2.45) is 5.92 Å². The number of benzene rings is 1. The first-order valence-corrected chi connectivity index (χ1v) is 7.95. The van der Waals surface area contributed by atoms with Crippen molar-refractivity contribution in [3.05, 3.63) is 29.8 Å². The highest BCUT2D eigenvalue weighted by molar-refractivity contribution is 7.99. The molecular weight excluding hydrogens is 242 g/mol. The molecule has 1 fully saturated rings. The van der Waals surface area contributed by atoms with E-state index in [1.165, 1.54) is 35.5 Å². The van der Waals surface area contributed by atoms with Crippen molar-refractivity contribution < 1.29 is 4.74 Å². The van der Waals surface area contributed by atoms with Crippen LogP contribution < -0.4 is 5.32 Å². The van der Waals surface area contributed by atoms with E-state index in [9.17, 15) is 0 Å². The molecular formula is C15H21NOS. The molecule has 0 bridgehead atoms. The third-order valence-corrected chi connectivity index (χ3v) is 5.05. The van der Waals surface area contributed by atoms with E-state index in [-0.39, 0.29) is 0 Å². The van der Waals surface area contributed by atoms with Gasteiger partial charge in [-0.25, -0.2) is 0 Å². The van der Waals surface area contributed by atoms with Crippen LogP contribution in [0.2, 0.25) is 0 Å². The Balaban J connectivity index is 1.54. The lowest BCUT2D eigenvalue weighted by Crippen LogP contribution is -2.26. The minimum Gasteiger partial charge on any atom is -0.381 e. The van der Waals surface area contributed by atoms with Crippen molar-refractivity contribution in [1.29, 1.82) is 0 Å². The lowest BCUT2D eigenvalue weighted by molar-refractivity contribution is 0.184. The predicted molar refractivity (Wildman–Crippen MR) is 76.1 cm³/mol. The summed E-state index contributed by atoms with van der Waals surface area (Å²) in [6.07, 6.45) is 3.76. The van der Waals surface area contributed by atoms with Gasteiger partial charge in [-0.05, 0) is 49.1 Å². The molecule has 2 nitrogen and oxygen atoms in total. The fourth-order valence-corrected chi connectivity index (χ4v) is 3.95. The summed E-state index contributed by atoms with van der Waals surface area (Å²) >= 11 is 1.99. The first kappa shape index (κ1) is 12.5. The largest absolute Gasteiger partial charge is 0.381 e. The molecule has 1 saturated heterocycles. The lowest BCUT2D eigenvalue weighted by Gasteiger charge is -2.26. The molecule has 98 valence electrons. The highest BCUT2D eigenvalue weighted by Gasteiger charge is 2.20. The summed E-state index contributed by atoms with van der Waals surface area (Å²) < 4.78 is 5.42. The molecule has 1 aromatic rings. The summed E-state index contributed by atoms with van der Waals surface area (Å²) in [6, 6.07) is 9.38. The molecule has 2 aliphatic rings. The van der Waals surface area contributed by atoms with Gasteiger partial charge in [-0.15, -0.1) is 11.8 Å². The number of nitrogens with one attached hydrogen (secondary N) is 1. The van der Waals surface area contributed by atoms with E-state index in [4.69, 9.17) is 4.74 Å². The summed E-state index contributed by atoms with van der Waals surface area (Å²) in [7, 11) is 0. The number of thioether (sulfide) groups is 1. The zero-order valence-corrected chi connectivity index (χ0v) is 11.5. The molecule has 0 amide bonds. The number of fused-ring (bicyclic) bond motifs is 1. The van der Waals surface area contributed by atoms with Crippen molar-refractivity contribution in [3.63, 3.8) is 0 Å². The third kappa shape index (κ3) is 2.90. The first-order valence-electron chi connectivity index (χ1n) is 6.96. The Morgan fingerprint density at radius 2 is 2.22 bits per heavy atom. The maximum absolute atomic E-state index is 5.42. The zero-order chi connectivity index (χ0) is 12.2. The number of hydrogen-bond donors (Lipinski definition) is 1. The van der Waals surface area contributed by atoms with E-state index >= 15 is 0 Å². The Morgan fingerprint density at radius 1 is 1.28 bits per heavy atom.